The highest BCUT2D eigenvalue weighted by Gasteiger charge is 2.17. The number of aromatic nitrogens is 2. The second kappa shape index (κ2) is 6.69. The van der Waals surface area contributed by atoms with Crippen LogP contribution in [0.4, 0.5) is 5.82 Å². The van der Waals surface area contributed by atoms with Crippen LogP contribution in [0.1, 0.15) is 17.4 Å². The number of hydrogen-bond acceptors (Lipinski definition) is 6. The summed E-state index contributed by atoms with van der Waals surface area (Å²) in [6.45, 7) is 2.72. The van der Waals surface area contributed by atoms with Crippen LogP contribution in [0.15, 0.2) is 36.5 Å². The monoisotopic (exact) mass is 287 g/mol. The molecule has 0 spiro atoms. The highest BCUT2D eigenvalue weighted by atomic mass is 16.5. The number of hydrogen-bond donors (Lipinski definition) is 0. The van der Waals surface area contributed by atoms with Crippen LogP contribution in [-0.2, 0) is 4.74 Å². The van der Waals surface area contributed by atoms with Gasteiger partial charge in [0.15, 0.2) is 11.5 Å². The molecule has 1 aromatic carbocycles. The molecule has 0 amide bonds. The zero-order chi connectivity index (χ0) is 15.2. The molecule has 0 fully saturated rings. The molecule has 0 aliphatic carbocycles. The molecule has 0 aliphatic heterocycles. The summed E-state index contributed by atoms with van der Waals surface area (Å²) in [5.41, 5.74) is 0.108. The first-order valence-corrected chi connectivity index (χ1v) is 6.55. The Morgan fingerprint density at radius 3 is 2.62 bits per heavy atom. The largest absolute Gasteiger partial charge is 0.464 e. The van der Waals surface area contributed by atoms with Gasteiger partial charge < -0.3 is 14.4 Å². The second-order valence-corrected chi connectivity index (χ2v) is 4.30. The summed E-state index contributed by atoms with van der Waals surface area (Å²) in [5, 5.41) is 0. The van der Waals surface area contributed by atoms with E-state index in [0.717, 1.165) is 6.54 Å². The smallest absolute Gasteiger partial charge is 0.358 e. The molecule has 0 bridgehead atoms. The third kappa shape index (κ3) is 3.47. The molecule has 0 radical (unpaired) electrons. The zero-order valence-corrected chi connectivity index (χ0v) is 12.2. The van der Waals surface area contributed by atoms with E-state index in [2.05, 4.69) is 14.7 Å². The number of rotatable bonds is 5. The number of esters is 1. The van der Waals surface area contributed by atoms with Gasteiger partial charge in [-0.2, -0.15) is 0 Å². The summed E-state index contributed by atoms with van der Waals surface area (Å²) >= 11 is 0. The molecule has 1 heterocycles. The topological polar surface area (TPSA) is 64.6 Å². The van der Waals surface area contributed by atoms with E-state index in [1.165, 1.54) is 13.3 Å². The van der Waals surface area contributed by atoms with Crippen molar-refractivity contribution >= 4 is 11.8 Å². The first-order chi connectivity index (χ1) is 10.2. The minimum atomic E-state index is -0.550. The van der Waals surface area contributed by atoms with E-state index in [0.29, 0.717) is 11.6 Å². The Labute approximate surface area is 123 Å². The van der Waals surface area contributed by atoms with Crippen LogP contribution < -0.4 is 9.64 Å². The Bertz CT molecular complexity index is 617. The quantitative estimate of drug-likeness (QED) is 0.787. The van der Waals surface area contributed by atoms with Gasteiger partial charge in [0.1, 0.15) is 5.75 Å². The number of para-hydroxylation sites is 1. The third-order valence-corrected chi connectivity index (χ3v) is 2.91. The summed E-state index contributed by atoms with van der Waals surface area (Å²) in [4.78, 5) is 21.9. The Balaban J connectivity index is 2.40. The molecule has 2 aromatic rings. The van der Waals surface area contributed by atoms with E-state index in [1.54, 1.807) is 0 Å². The Hall–Kier alpha value is -2.63. The molecule has 0 atom stereocenters. The van der Waals surface area contributed by atoms with Gasteiger partial charge >= 0.3 is 5.97 Å². The van der Waals surface area contributed by atoms with E-state index in [1.807, 2.05) is 49.2 Å². The fourth-order valence-corrected chi connectivity index (χ4v) is 1.65. The molecule has 6 nitrogen and oxygen atoms in total. The molecular weight excluding hydrogens is 270 g/mol. The van der Waals surface area contributed by atoms with Crippen LogP contribution in [0.5, 0.6) is 11.6 Å². The highest BCUT2D eigenvalue weighted by molar-refractivity contribution is 5.87. The van der Waals surface area contributed by atoms with Gasteiger partial charge in [-0.05, 0) is 19.1 Å². The minimum Gasteiger partial charge on any atom is -0.464 e. The van der Waals surface area contributed by atoms with Crippen LogP contribution >= 0.6 is 0 Å². The first kappa shape index (κ1) is 14.8. The summed E-state index contributed by atoms with van der Waals surface area (Å²) in [6.07, 6.45) is 1.38. The maximum atomic E-state index is 11.6. The maximum Gasteiger partial charge on any atom is 0.358 e. The van der Waals surface area contributed by atoms with Crippen molar-refractivity contribution in [3.8, 4) is 11.6 Å². The average Bonchev–Trinajstić information content (AvgIpc) is 2.54. The molecule has 0 saturated heterocycles. The molecule has 110 valence electrons. The molecular formula is C15H17N3O3. The van der Waals surface area contributed by atoms with Gasteiger partial charge in [-0.1, -0.05) is 18.2 Å². The van der Waals surface area contributed by atoms with Crippen LogP contribution in [0.3, 0.4) is 0 Å². The van der Waals surface area contributed by atoms with Crippen molar-refractivity contribution in [3.05, 3.63) is 42.2 Å². The molecule has 0 N–H and O–H groups in total. The van der Waals surface area contributed by atoms with E-state index in [-0.39, 0.29) is 11.6 Å². The van der Waals surface area contributed by atoms with Crippen molar-refractivity contribution in [2.45, 2.75) is 6.92 Å². The lowest BCUT2D eigenvalue weighted by Crippen LogP contribution is -2.19. The van der Waals surface area contributed by atoms with Crippen LogP contribution in [-0.4, -0.2) is 36.6 Å². The minimum absolute atomic E-state index is 0.108. The van der Waals surface area contributed by atoms with Gasteiger partial charge in [0, 0.05) is 13.6 Å². The number of benzene rings is 1. The van der Waals surface area contributed by atoms with E-state index in [9.17, 15) is 4.79 Å². The number of carbonyl (C=O) groups excluding carboxylic acids is 1. The molecule has 21 heavy (non-hydrogen) atoms. The maximum absolute atomic E-state index is 11.6. The van der Waals surface area contributed by atoms with Crippen molar-refractivity contribution in [2.75, 3.05) is 25.6 Å². The molecule has 2 rings (SSSR count). The zero-order valence-electron chi connectivity index (χ0n) is 12.2. The molecule has 1 aromatic heterocycles. The van der Waals surface area contributed by atoms with Crippen molar-refractivity contribution in [2.24, 2.45) is 0 Å². The SMILES string of the molecule is CCN(C)c1ncc(C(=O)OC)nc1Oc1ccccc1. The summed E-state index contributed by atoms with van der Waals surface area (Å²) in [7, 11) is 3.17. The molecule has 0 saturated carbocycles. The number of nitrogens with zero attached hydrogens (tertiary/aromatic N) is 3. The van der Waals surface area contributed by atoms with Gasteiger partial charge in [0.25, 0.3) is 5.88 Å². The number of ether oxygens (including phenoxy) is 2. The van der Waals surface area contributed by atoms with Crippen molar-refractivity contribution in [1.82, 2.24) is 9.97 Å². The van der Waals surface area contributed by atoms with Gasteiger partial charge in [0.05, 0.1) is 13.3 Å². The van der Waals surface area contributed by atoms with E-state index >= 15 is 0 Å². The lowest BCUT2D eigenvalue weighted by Gasteiger charge is -2.18. The lowest BCUT2D eigenvalue weighted by atomic mass is 10.3. The number of carbonyl (C=O) groups is 1. The van der Waals surface area contributed by atoms with Crippen molar-refractivity contribution in [3.63, 3.8) is 0 Å². The highest BCUT2D eigenvalue weighted by Crippen LogP contribution is 2.27. The van der Waals surface area contributed by atoms with Crippen LogP contribution in [0, 0.1) is 0 Å². The van der Waals surface area contributed by atoms with Gasteiger partial charge in [0.2, 0.25) is 0 Å². The van der Waals surface area contributed by atoms with E-state index in [4.69, 9.17) is 4.74 Å². The van der Waals surface area contributed by atoms with Gasteiger partial charge in [-0.15, -0.1) is 0 Å². The predicted octanol–water partition coefficient (Wildman–Crippen LogP) is 2.51. The lowest BCUT2D eigenvalue weighted by molar-refractivity contribution is 0.0592. The normalized spacial score (nSPS) is 10.0. The van der Waals surface area contributed by atoms with Gasteiger partial charge in [-0.25, -0.2) is 14.8 Å². The average molecular weight is 287 g/mol. The van der Waals surface area contributed by atoms with Crippen LogP contribution in [0.2, 0.25) is 0 Å². The van der Waals surface area contributed by atoms with Crippen molar-refractivity contribution in [1.29, 1.82) is 0 Å². The summed E-state index contributed by atoms with van der Waals surface area (Å²) in [6, 6.07) is 9.22. The van der Waals surface area contributed by atoms with Crippen molar-refractivity contribution < 1.29 is 14.3 Å². The second-order valence-electron chi connectivity index (χ2n) is 4.30. The fraction of sp³-hybridized carbons (Fsp3) is 0.267. The first-order valence-electron chi connectivity index (χ1n) is 6.55. The number of methoxy groups -OCH3 is 1. The molecule has 0 unspecified atom stereocenters. The predicted molar refractivity (Wildman–Crippen MR) is 78.8 cm³/mol. The Kier molecular flexibility index (Phi) is 4.71. The Morgan fingerprint density at radius 2 is 2.00 bits per heavy atom. The molecule has 6 heteroatoms. The molecule has 0 aliphatic rings. The van der Waals surface area contributed by atoms with Gasteiger partial charge in [-0.3, -0.25) is 0 Å². The standard InChI is InChI=1S/C15H17N3O3/c1-4-18(2)13-14(21-11-8-6-5-7-9-11)17-12(10-16-13)15(19)20-3/h5-10H,4H2,1-3H3. The number of anilines is 1. The van der Waals surface area contributed by atoms with E-state index < -0.39 is 5.97 Å². The fourth-order valence-electron chi connectivity index (χ4n) is 1.65. The Morgan fingerprint density at radius 1 is 1.29 bits per heavy atom. The summed E-state index contributed by atoms with van der Waals surface area (Å²) < 4.78 is 10.4. The summed E-state index contributed by atoms with van der Waals surface area (Å²) in [5.74, 6) is 0.910. The van der Waals surface area contributed by atoms with Crippen LogP contribution in [0.25, 0.3) is 0 Å². The third-order valence-electron chi connectivity index (χ3n) is 2.91.